The highest BCUT2D eigenvalue weighted by molar-refractivity contribution is 7.99. The number of thioether (sulfide) groups is 2. The first-order valence-corrected chi connectivity index (χ1v) is 10.5. The zero-order valence-electron chi connectivity index (χ0n) is 13.3. The first-order chi connectivity index (χ1) is 12.2. The number of thiophene rings is 1. The van der Waals surface area contributed by atoms with Crippen molar-refractivity contribution in [1.82, 2.24) is 20.2 Å². The topological polar surface area (TPSA) is 99.0 Å². The number of hydrogen-bond acceptors (Lipinski definition) is 8. The van der Waals surface area contributed by atoms with Crippen LogP contribution < -0.4 is 11.2 Å². The molecule has 0 aliphatic carbocycles. The number of hydrogen-bond donors (Lipinski definition) is 2. The number of carbonyl (C=O) groups excluding carboxylic acids is 1. The number of nitrogens with two attached hydrogens (primary N) is 1. The zero-order valence-corrected chi connectivity index (χ0v) is 15.7. The van der Waals surface area contributed by atoms with Crippen LogP contribution in [0.2, 0.25) is 0 Å². The fourth-order valence-corrected chi connectivity index (χ4v) is 4.35. The lowest BCUT2D eigenvalue weighted by Crippen LogP contribution is -2.27. The van der Waals surface area contributed by atoms with Gasteiger partial charge in [0.25, 0.3) is 0 Å². The molecule has 0 unspecified atom stereocenters. The molecule has 132 valence electrons. The maximum Gasteiger partial charge on any atom is 0.230 e. The number of furan rings is 1. The van der Waals surface area contributed by atoms with Crippen LogP contribution in [-0.4, -0.2) is 38.8 Å². The van der Waals surface area contributed by atoms with E-state index in [0.29, 0.717) is 23.3 Å². The number of nitrogens with zero attached hydrogens (tertiary/aromatic N) is 3. The quantitative estimate of drug-likeness (QED) is 0.326. The number of nitrogens with one attached hydrogen (secondary N) is 1. The lowest BCUT2D eigenvalue weighted by Gasteiger charge is -2.05. The van der Waals surface area contributed by atoms with Crippen LogP contribution in [0.5, 0.6) is 0 Å². The maximum atomic E-state index is 11.9. The predicted molar refractivity (Wildman–Crippen MR) is 102 cm³/mol. The van der Waals surface area contributed by atoms with Crippen LogP contribution in [0.4, 0.5) is 0 Å². The second kappa shape index (κ2) is 8.97. The van der Waals surface area contributed by atoms with E-state index in [0.717, 1.165) is 11.5 Å². The second-order valence-corrected chi connectivity index (χ2v) is 8.00. The number of rotatable bonds is 9. The average molecular weight is 396 g/mol. The predicted octanol–water partition coefficient (Wildman–Crippen LogP) is 2.46. The van der Waals surface area contributed by atoms with Crippen molar-refractivity contribution in [3.63, 3.8) is 0 Å². The van der Waals surface area contributed by atoms with Gasteiger partial charge in [0.2, 0.25) is 16.9 Å². The minimum atomic E-state index is -0.0516. The van der Waals surface area contributed by atoms with Gasteiger partial charge >= 0.3 is 0 Å². The smallest absolute Gasteiger partial charge is 0.230 e. The Bertz CT molecular complexity index is 786. The highest BCUT2D eigenvalue weighted by atomic mass is 32.2. The van der Waals surface area contributed by atoms with E-state index >= 15 is 0 Å². The molecule has 0 saturated carbocycles. The van der Waals surface area contributed by atoms with E-state index in [-0.39, 0.29) is 11.7 Å². The zero-order chi connectivity index (χ0) is 17.5. The van der Waals surface area contributed by atoms with E-state index in [1.165, 1.54) is 21.3 Å². The van der Waals surface area contributed by atoms with Crippen molar-refractivity contribution >= 4 is 40.8 Å². The molecular weight excluding hydrogens is 378 g/mol. The molecule has 3 rings (SSSR count). The summed E-state index contributed by atoms with van der Waals surface area (Å²) in [6, 6.07) is 7.67. The molecule has 0 saturated heterocycles. The molecule has 3 aromatic heterocycles. The maximum absolute atomic E-state index is 11.9. The molecule has 0 aliphatic rings. The first kappa shape index (κ1) is 17.9. The van der Waals surface area contributed by atoms with Crippen LogP contribution in [0.25, 0.3) is 11.6 Å². The second-order valence-electron chi connectivity index (χ2n) is 4.92. The van der Waals surface area contributed by atoms with Gasteiger partial charge in [0.15, 0.2) is 5.76 Å². The van der Waals surface area contributed by atoms with Crippen LogP contribution in [0.15, 0.2) is 45.5 Å². The summed E-state index contributed by atoms with van der Waals surface area (Å²) in [6.07, 6.45) is 1.54. The van der Waals surface area contributed by atoms with Crippen molar-refractivity contribution in [2.75, 3.05) is 23.9 Å². The number of amides is 1. The molecule has 0 radical (unpaired) electrons. The molecule has 0 aromatic carbocycles. The van der Waals surface area contributed by atoms with Crippen molar-refractivity contribution < 1.29 is 9.21 Å². The highest BCUT2D eigenvalue weighted by Crippen LogP contribution is 2.21. The van der Waals surface area contributed by atoms with Crippen molar-refractivity contribution in [3.8, 4) is 11.6 Å². The molecule has 1 amide bonds. The molecule has 0 fully saturated rings. The molecule has 0 spiro atoms. The third-order valence-electron chi connectivity index (χ3n) is 3.13. The van der Waals surface area contributed by atoms with Gasteiger partial charge < -0.3 is 15.6 Å². The van der Waals surface area contributed by atoms with Crippen LogP contribution in [0.3, 0.4) is 0 Å². The van der Waals surface area contributed by atoms with Crippen LogP contribution in [0, 0.1) is 0 Å². The summed E-state index contributed by atoms with van der Waals surface area (Å²) in [6.45, 7) is 0.641. The van der Waals surface area contributed by atoms with Crippen molar-refractivity contribution in [2.24, 2.45) is 0 Å². The summed E-state index contributed by atoms with van der Waals surface area (Å²) in [5.41, 5.74) is 0. The largest absolute Gasteiger partial charge is 0.461 e. The number of carbonyl (C=O) groups is 1. The van der Waals surface area contributed by atoms with Gasteiger partial charge in [-0.2, -0.15) is 11.8 Å². The van der Waals surface area contributed by atoms with Gasteiger partial charge in [-0.1, -0.05) is 17.8 Å². The van der Waals surface area contributed by atoms with E-state index in [4.69, 9.17) is 10.3 Å². The average Bonchev–Trinajstić information content (AvgIpc) is 3.35. The molecule has 3 heterocycles. The van der Waals surface area contributed by atoms with Gasteiger partial charge in [-0.05, 0) is 23.6 Å². The molecule has 0 bridgehead atoms. The summed E-state index contributed by atoms with van der Waals surface area (Å²) < 4.78 is 6.58. The molecule has 25 heavy (non-hydrogen) atoms. The van der Waals surface area contributed by atoms with Crippen LogP contribution in [-0.2, 0) is 10.5 Å². The lowest BCUT2D eigenvalue weighted by atomic mass is 10.4. The van der Waals surface area contributed by atoms with E-state index in [9.17, 15) is 4.79 Å². The molecule has 7 nitrogen and oxygen atoms in total. The fourth-order valence-electron chi connectivity index (χ4n) is 1.96. The Balaban J connectivity index is 1.36. The van der Waals surface area contributed by atoms with Gasteiger partial charge in [-0.25, -0.2) is 4.68 Å². The summed E-state index contributed by atoms with van der Waals surface area (Å²) in [5, 5.41) is 13.4. The Kier molecular flexibility index (Phi) is 6.42. The highest BCUT2D eigenvalue weighted by Gasteiger charge is 2.15. The number of aromatic nitrogens is 3. The molecular formula is C15H17N5O2S3. The molecule has 0 aliphatic heterocycles. The summed E-state index contributed by atoms with van der Waals surface area (Å²) in [4.78, 5) is 13.2. The Morgan fingerprint density at radius 2 is 2.28 bits per heavy atom. The third-order valence-corrected chi connectivity index (χ3v) is 6.14. The lowest BCUT2D eigenvalue weighted by molar-refractivity contribution is -0.118. The minimum absolute atomic E-state index is 0.0516. The van der Waals surface area contributed by atoms with Gasteiger partial charge in [-0.3, -0.25) is 4.79 Å². The minimum Gasteiger partial charge on any atom is -0.461 e. The Morgan fingerprint density at radius 1 is 1.36 bits per heavy atom. The molecule has 3 aromatic rings. The van der Waals surface area contributed by atoms with Gasteiger partial charge in [0.1, 0.15) is 0 Å². The van der Waals surface area contributed by atoms with E-state index < -0.39 is 0 Å². The Labute approximate surface area is 157 Å². The summed E-state index contributed by atoms with van der Waals surface area (Å²) >= 11 is 4.79. The molecule has 3 N–H and O–H groups in total. The van der Waals surface area contributed by atoms with Crippen LogP contribution in [0.1, 0.15) is 4.88 Å². The normalized spacial score (nSPS) is 10.9. The van der Waals surface area contributed by atoms with Gasteiger partial charge in [-0.15, -0.1) is 21.5 Å². The van der Waals surface area contributed by atoms with Crippen molar-refractivity contribution in [2.45, 2.75) is 10.9 Å². The Morgan fingerprint density at radius 3 is 3.04 bits per heavy atom. The Hall–Kier alpha value is -1.91. The van der Waals surface area contributed by atoms with Crippen molar-refractivity contribution in [3.05, 3.63) is 40.8 Å². The van der Waals surface area contributed by atoms with E-state index in [1.807, 2.05) is 6.07 Å². The molecule has 0 atom stereocenters. The standard InChI is InChI=1S/C15H17N5O2S3/c16-20-14(12-4-1-6-22-12)18-19-15(20)25-10-13(21)17-5-8-23-9-11-3-2-7-24-11/h1-4,6-7H,5,8-10,16H2,(H,17,21). The monoisotopic (exact) mass is 395 g/mol. The summed E-state index contributed by atoms with van der Waals surface area (Å²) in [7, 11) is 0. The van der Waals surface area contributed by atoms with E-state index in [2.05, 4.69) is 27.0 Å². The fraction of sp³-hybridized carbons (Fsp3) is 0.267. The third kappa shape index (κ3) is 5.03. The summed E-state index contributed by atoms with van der Waals surface area (Å²) in [5.74, 6) is 8.96. The van der Waals surface area contributed by atoms with Gasteiger partial charge in [0, 0.05) is 22.9 Å². The first-order valence-electron chi connectivity index (χ1n) is 7.48. The number of nitrogen functional groups attached to an aromatic ring is 1. The SMILES string of the molecule is Nn1c(SCC(=O)NCCSCc2cccs2)nnc1-c1ccco1. The van der Waals surface area contributed by atoms with Crippen LogP contribution >= 0.6 is 34.9 Å². The van der Waals surface area contributed by atoms with Gasteiger partial charge in [0.05, 0.1) is 12.0 Å². The van der Waals surface area contributed by atoms with E-state index in [1.54, 1.807) is 41.5 Å². The molecule has 10 heteroatoms. The van der Waals surface area contributed by atoms with Crippen molar-refractivity contribution in [1.29, 1.82) is 0 Å².